The van der Waals surface area contributed by atoms with Gasteiger partial charge >= 0.3 is 11.9 Å². The van der Waals surface area contributed by atoms with Crippen LogP contribution in [0.4, 0.5) is 0 Å². The highest BCUT2D eigenvalue weighted by molar-refractivity contribution is 6.12. The molecule has 1 aliphatic carbocycles. The number of dihydropyridines is 1. The van der Waals surface area contributed by atoms with E-state index in [1.54, 1.807) is 26.0 Å². The van der Waals surface area contributed by atoms with Gasteiger partial charge in [0.15, 0.2) is 17.3 Å². The minimum atomic E-state index is -0.958. The van der Waals surface area contributed by atoms with Crippen LogP contribution in [0.1, 0.15) is 44.2 Å². The molecule has 0 saturated carbocycles. The lowest BCUT2D eigenvalue weighted by molar-refractivity contribution is -0.151. The Balaban J connectivity index is 1.79. The number of rotatable bonds is 8. The Labute approximate surface area is 222 Å². The van der Waals surface area contributed by atoms with Gasteiger partial charge in [0.2, 0.25) is 0 Å². The summed E-state index contributed by atoms with van der Waals surface area (Å²) in [4.78, 5) is 39.6. The van der Waals surface area contributed by atoms with Crippen molar-refractivity contribution in [3.8, 4) is 11.5 Å². The summed E-state index contributed by atoms with van der Waals surface area (Å²) in [5.41, 5.74) is 3.64. The number of ketones is 1. The second-order valence-corrected chi connectivity index (χ2v) is 9.44. The Hall–Kier alpha value is -4.07. The van der Waals surface area contributed by atoms with E-state index in [1.165, 1.54) is 14.2 Å². The highest BCUT2D eigenvalue weighted by atomic mass is 16.5. The van der Waals surface area contributed by atoms with Crippen molar-refractivity contribution in [2.24, 2.45) is 11.8 Å². The zero-order valence-corrected chi connectivity index (χ0v) is 22.3. The van der Waals surface area contributed by atoms with Crippen molar-refractivity contribution in [2.45, 2.75) is 39.7 Å². The summed E-state index contributed by atoms with van der Waals surface area (Å²) >= 11 is 0. The molecule has 4 rings (SSSR count). The maximum absolute atomic E-state index is 13.8. The Bertz CT molecular complexity index is 1290. The van der Waals surface area contributed by atoms with Crippen molar-refractivity contribution in [3.63, 3.8) is 0 Å². The van der Waals surface area contributed by atoms with Crippen LogP contribution < -0.4 is 14.8 Å². The van der Waals surface area contributed by atoms with Gasteiger partial charge in [-0.2, -0.15) is 0 Å². The van der Waals surface area contributed by atoms with Crippen LogP contribution in [-0.2, 0) is 30.5 Å². The van der Waals surface area contributed by atoms with Gasteiger partial charge in [0.1, 0.15) is 12.5 Å². The first-order valence-corrected chi connectivity index (χ1v) is 12.6. The van der Waals surface area contributed by atoms with Crippen LogP contribution in [0.2, 0.25) is 0 Å². The van der Waals surface area contributed by atoms with Gasteiger partial charge in [-0.15, -0.1) is 0 Å². The molecule has 0 amide bonds. The maximum Gasteiger partial charge on any atom is 0.336 e. The number of methoxy groups -OCH3 is 2. The summed E-state index contributed by atoms with van der Waals surface area (Å²) in [6.45, 7) is 5.90. The summed E-state index contributed by atoms with van der Waals surface area (Å²) in [6.07, 6.45) is 0.459. The molecule has 1 N–H and O–H groups in total. The number of nitrogens with one attached hydrogen (secondary N) is 1. The number of carbonyl (C=O) groups excluding carboxylic acids is 3. The second-order valence-electron chi connectivity index (χ2n) is 9.44. The number of hydrogen-bond donors (Lipinski definition) is 1. The Morgan fingerprint density at radius 3 is 2.45 bits per heavy atom. The number of Topliss-reactive ketones (excluding diaryl/α,β-unsaturated/α-hetero) is 1. The first kappa shape index (κ1) is 27.0. The second kappa shape index (κ2) is 11.5. The topological polar surface area (TPSA) is 100 Å². The highest BCUT2D eigenvalue weighted by Gasteiger charge is 2.47. The van der Waals surface area contributed by atoms with E-state index in [0.29, 0.717) is 52.6 Å². The fraction of sp³-hybridized carbons (Fsp3) is 0.367. The molecule has 0 aromatic heterocycles. The van der Waals surface area contributed by atoms with Crippen LogP contribution in [0.5, 0.6) is 11.5 Å². The van der Waals surface area contributed by atoms with Crippen LogP contribution in [0.25, 0.3) is 0 Å². The quantitative estimate of drug-likeness (QED) is 0.403. The van der Waals surface area contributed by atoms with Crippen LogP contribution >= 0.6 is 0 Å². The van der Waals surface area contributed by atoms with Crippen LogP contribution in [0, 0.1) is 11.8 Å². The van der Waals surface area contributed by atoms with Crippen molar-refractivity contribution < 1.29 is 33.3 Å². The summed E-state index contributed by atoms with van der Waals surface area (Å²) in [5.74, 6) is -2.46. The molecule has 8 nitrogen and oxygen atoms in total. The van der Waals surface area contributed by atoms with E-state index in [0.717, 1.165) is 5.56 Å². The SMILES string of the molecule is CCOC(=O)C1=C(C)NC2=C(C(=O)[C@H](C(=O)OC)[C@H](C)C2)[C@@H]1c1ccc(OCc2ccccc2)c(OC)c1. The maximum atomic E-state index is 13.8. The highest BCUT2D eigenvalue weighted by Crippen LogP contribution is 2.46. The molecule has 0 saturated heterocycles. The molecular formula is C30H33NO7. The third-order valence-corrected chi connectivity index (χ3v) is 7.00. The van der Waals surface area contributed by atoms with Crippen molar-refractivity contribution in [1.29, 1.82) is 0 Å². The summed E-state index contributed by atoms with van der Waals surface area (Å²) in [5, 5.41) is 3.25. The third kappa shape index (κ3) is 5.16. The van der Waals surface area contributed by atoms with E-state index in [9.17, 15) is 14.4 Å². The molecule has 38 heavy (non-hydrogen) atoms. The molecule has 0 radical (unpaired) electrons. The summed E-state index contributed by atoms with van der Waals surface area (Å²) in [7, 11) is 2.81. The third-order valence-electron chi connectivity index (χ3n) is 7.00. The molecular weight excluding hydrogens is 486 g/mol. The Morgan fingerprint density at radius 1 is 1.05 bits per heavy atom. The molecule has 2 aromatic rings. The van der Waals surface area contributed by atoms with Gasteiger partial charge < -0.3 is 24.3 Å². The Morgan fingerprint density at radius 2 is 1.79 bits per heavy atom. The normalized spacial score (nSPS) is 20.9. The van der Waals surface area contributed by atoms with E-state index in [2.05, 4.69) is 5.32 Å². The smallest absolute Gasteiger partial charge is 0.336 e. The molecule has 0 unspecified atom stereocenters. The first-order valence-electron chi connectivity index (χ1n) is 12.6. The number of carbonyl (C=O) groups is 3. The largest absolute Gasteiger partial charge is 0.493 e. The summed E-state index contributed by atoms with van der Waals surface area (Å²) < 4.78 is 22.0. The summed E-state index contributed by atoms with van der Waals surface area (Å²) in [6, 6.07) is 15.1. The fourth-order valence-corrected chi connectivity index (χ4v) is 5.21. The molecule has 0 bridgehead atoms. The lowest BCUT2D eigenvalue weighted by atomic mass is 9.69. The zero-order chi connectivity index (χ0) is 27.4. The first-order chi connectivity index (χ1) is 18.3. The minimum Gasteiger partial charge on any atom is -0.493 e. The van der Waals surface area contributed by atoms with Gasteiger partial charge in [0.25, 0.3) is 0 Å². The predicted molar refractivity (Wildman–Crippen MR) is 140 cm³/mol. The molecule has 2 aromatic carbocycles. The van der Waals surface area contributed by atoms with Gasteiger partial charge in [-0.3, -0.25) is 9.59 Å². The molecule has 3 atom stereocenters. The lowest BCUT2D eigenvalue weighted by Crippen LogP contribution is -2.43. The van der Waals surface area contributed by atoms with E-state index in [-0.39, 0.29) is 18.3 Å². The number of allylic oxidation sites excluding steroid dienone is 3. The van der Waals surface area contributed by atoms with Crippen LogP contribution in [-0.4, -0.2) is 38.5 Å². The monoisotopic (exact) mass is 519 g/mol. The number of benzene rings is 2. The zero-order valence-electron chi connectivity index (χ0n) is 22.3. The van der Waals surface area contributed by atoms with Crippen molar-refractivity contribution in [1.82, 2.24) is 5.32 Å². The van der Waals surface area contributed by atoms with E-state index < -0.39 is 23.8 Å². The average Bonchev–Trinajstić information content (AvgIpc) is 2.91. The van der Waals surface area contributed by atoms with Gasteiger partial charge in [0, 0.05) is 22.9 Å². The van der Waals surface area contributed by atoms with Gasteiger partial charge in [0.05, 0.1) is 26.4 Å². The van der Waals surface area contributed by atoms with E-state index in [1.807, 2.05) is 43.3 Å². The van der Waals surface area contributed by atoms with Crippen LogP contribution in [0.15, 0.2) is 71.1 Å². The number of esters is 2. The van der Waals surface area contributed by atoms with Crippen LogP contribution in [0.3, 0.4) is 0 Å². The van der Waals surface area contributed by atoms with Crippen molar-refractivity contribution >= 4 is 17.7 Å². The molecule has 1 aliphatic heterocycles. The lowest BCUT2D eigenvalue weighted by Gasteiger charge is -2.38. The molecule has 2 aliphatic rings. The molecule has 200 valence electrons. The average molecular weight is 520 g/mol. The Kier molecular flexibility index (Phi) is 8.20. The number of ether oxygens (including phenoxy) is 4. The fourth-order valence-electron chi connectivity index (χ4n) is 5.21. The van der Waals surface area contributed by atoms with Crippen molar-refractivity contribution in [2.75, 3.05) is 20.8 Å². The standard InChI is InChI=1S/C30H33NO7/c1-6-37-30(34)25-18(3)31-21-14-17(2)24(29(33)36-5)28(32)27(21)26(25)20-12-13-22(23(15-20)35-4)38-16-19-10-8-7-9-11-19/h7-13,15,17,24,26,31H,6,14,16H2,1-5H3/t17-,24-,26-/m1/s1. The molecule has 1 heterocycles. The van der Waals surface area contributed by atoms with Gasteiger partial charge in [-0.25, -0.2) is 4.79 Å². The number of hydrogen-bond acceptors (Lipinski definition) is 8. The predicted octanol–water partition coefficient (Wildman–Crippen LogP) is 4.45. The molecule has 0 spiro atoms. The van der Waals surface area contributed by atoms with Crippen molar-refractivity contribution in [3.05, 3.63) is 82.2 Å². The van der Waals surface area contributed by atoms with Gasteiger partial charge in [-0.1, -0.05) is 43.3 Å². The van der Waals surface area contributed by atoms with E-state index in [4.69, 9.17) is 18.9 Å². The molecule has 8 heteroatoms. The molecule has 0 fully saturated rings. The minimum absolute atomic E-state index is 0.180. The van der Waals surface area contributed by atoms with Gasteiger partial charge in [-0.05, 0) is 49.4 Å². The van der Waals surface area contributed by atoms with E-state index >= 15 is 0 Å².